The van der Waals surface area contributed by atoms with Crippen LogP contribution in [0.2, 0.25) is 0 Å². The van der Waals surface area contributed by atoms with Crippen LogP contribution in [0.15, 0.2) is 54.6 Å². The number of hydrogen-bond donors (Lipinski definition) is 6. The lowest BCUT2D eigenvalue weighted by Crippen LogP contribution is -2.52. The second kappa shape index (κ2) is 15.4. The Balaban J connectivity index is 1.22. The molecule has 0 bridgehead atoms. The molecule has 6 rings (SSSR count). The summed E-state index contributed by atoms with van der Waals surface area (Å²) in [5.74, 6) is -3.65. The number of aromatic nitrogens is 3. The molecule has 1 aromatic heterocycles. The van der Waals surface area contributed by atoms with Gasteiger partial charge in [-0.1, -0.05) is 33.8 Å². The number of phenols is 2. The zero-order valence-electron chi connectivity index (χ0n) is 31.0. The Labute approximate surface area is 316 Å². The van der Waals surface area contributed by atoms with Crippen molar-refractivity contribution in [2.75, 3.05) is 11.9 Å². The van der Waals surface area contributed by atoms with Crippen LogP contribution in [0.4, 0.5) is 5.69 Å². The molecule has 16 heteroatoms. The normalized spacial score (nSPS) is 15.9. The van der Waals surface area contributed by atoms with Crippen LogP contribution in [0, 0.1) is 5.92 Å². The highest BCUT2D eigenvalue weighted by Gasteiger charge is 2.40. The fraction of sp³-hybridized carbons (Fsp3) is 0.333. The number of carbonyl (C=O) groups is 6. The fourth-order valence-electron chi connectivity index (χ4n) is 6.76. The van der Waals surface area contributed by atoms with Gasteiger partial charge in [-0.25, -0.2) is 0 Å². The molecule has 0 aliphatic carbocycles. The van der Waals surface area contributed by atoms with Crippen molar-refractivity contribution >= 4 is 41.1 Å². The molecule has 6 amide bonds. The Morgan fingerprint density at radius 3 is 2.31 bits per heavy atom. The zero-order valence-corrected chi connectivity index (χ0v) is 31.0. The molecule has 1 saturated heterocycles. The van der Waals surface area contributed by atoms with Gasteiger partial charge in [-0.15, -0.1) is 10.2 Å². The summed E-state index contributed by atoms with van der Waals surface area (Å²) in [7, 11) is 0. The Kier molecular flexibility index (Phi) is 10.7. The summed E-state index contributed by atoms with van der Waals surface area (Å²) in [4.78, 5) is 79.2. The Morgan fingerprint density at radius 2 is 1.65 bits per heavy atom. The first kappa shape index (κ1) is 38.2. The van der Waals surface area contributed by atoms with Gasteiger partial charge in [0, 0.05) is 53.6 Å². The van der Waals surface area contributed by atoms with Gasteiger partial charge in [0.2, 0.25) is 23.5 Å². The fourth-order valence-corrected chi connectivity index (χ4v) is 6.76. The SMILES string of the molecule is CCNC(=O)c1nnc(-c2cc(C(C)C)c(O)cc2O)n1-c1ccc(C(=O)NC(C(=O)Nc2cccc3c2CN(C2CCC(=O)NC2=O)C3=O)C(C)C)cc1. The average molecular weight is 751 g/mol. The first-order valence-electron chi connectivity index (χ1n) is 18.0. The van der Waals surface area contributed by atoms with Crippen molar-refractivity contribution in [2.45, 2.75) is 72.0 Å². The molecule has 3 aromatic carbocycles. The van der Waals surface area contributed by atoms with Crippen LogP contribution in [0.1, 0.15) is 95.8 Å². The van der Waals surface area contributed by atoms with Gasteiger partial charge in [0.05, 0.1) is 5.56 Å². The number of imide groups is 1. The van der Waals surface area contributed by atoms with Crippen molar-refractivity contribution in [1.82, 2.24) is 35.6 Å². The molecule has 2 aliphatic rings. The van der Waals surface area contributed by atoms with Crippen LogP contribution < -0.4 is 21.3 Å². The smallest absolute Gasteiger partial charge is 0.289 e. The van der Waals surface area contributed by atoms with E-state index in [0.29, 0.717) is 34.6 Å². The molecule has 3 heterocycles. The number of nitrogens with one attached hydrogen (secondary N) is 4. The number of hydrogen-bond acceptors (Lipinski definition) is 10. The number of fused-ring (bicyclic) bond motifs is 1. The van der Waals surface area contributed by atoms with Crippen molar-refractivity contribution in [1.29, 1.82) is 0 Å². The van der Waals surface area contributed by atoms with E-state index in [1.807, 2.05) is 13.8 Å². The molecular formula is C39H42N8O8. The quantitative estimate of drug-likeness (QED) is 0.123. The molecule has 16 nitrogen and oxygen atoms in total. The van der Waals surface area contributed by atoms with E-state index in [-0.39, 0.29) is 71.4 Å². The van der Waals surface area contributed by atoms with E-state index in [0.717, 1.165) is 0 Å². The van der Waals surface area contributed by atoms with Crippen LogP contribution in [0.25, 0.3) is 17.1 Å². The molecule has 2 atom stereocenters. The Hall–Kier alpha value is -6.58. The molecule has 6 N–H and O–H groups in total. The third-order valence-electron chi connectivity index (χ3n) is 9.67. The lowest BCUT2D eigenvalue weighted by molar-refractivity contribution is -0.137. The minimum atomic E-state index is -0.993. The van der Waals surface area contributed by atoms with E-state index < -0.39 is 41.6 Å². The largest absolute Gasteiger partial charge is 0.508 e. The van der Waals surface area contributed by atoms with E-state index >= 15 is 0 Å². The maximum Gasteiger partial charge on any atom is 0.289 e. The summed E-state index contributed by atoms with van der Waals surface area (Å²) in [6.07, 6.45) is 0.312. The predicted octanol–water partition coefficient (Wildman–Crippen LogP) is 3.37. The van der Waals surface area contributed by atoms with Gasteiger partial charge in [0.15, 0.2) is 5.82 Å². The van der Waals surface area contributed by atoms with Crippen LogP contribution >= 0.6 is 0 Å². The maximum atomic E-state index is 13.7. The van der Waals surface area contributed by atoms with Gasteiger partial charge in [-0.3, -0.25) is 38.7 Å². The van der Waals surface area contributed by atoms with Gasteiger partial charge in [-0.2, -0.15) is 0 Å². The summed E-state index contributed by atoms with van der Waals surface area (Å²) in [6, 6.07) is 12.1. The number of rotatable bonds is 11. The number of phenolic OH excluding ortho intramolecular Hbond substituents is 2. The highest BCUT2D eigenvalue weighted by molar-refractivity contribution is 6.07. The van der Waals surface area contributed by atoms with Crippen LogP contribution in [0.3, 0.4) is 0 Å². The van der Waals surface area contributed by atoms with Gasteiger partial charge in [0.25, 0.3) is 17.7 Å². The van der Waals surface area contributed by atoms with Gasteiger partial charge in [-0.05, 0) is 73.2 Å². The standard InChI is InChI=1S/C39H42N8O8/c1-6-40-38(54)34-45-44-33(25-16-24(19(2)3)29(48)17-30(25)49)47(34)22-12-10-21(11-13-22)35(51)43-32(20(4)5)37(53)41-27-9-7-8-23-26(27)18-46(39(23)55)28-14-15-31(50)42-36(28)52/h7-13,16-17,19-20,28,32,48-49H,6,14-15,18H2,1-5H3,(H,40,54)(H,41,53)(H,43,51)(H,42,50,52). The molecule has 2 unspecified atom stereocenters. The Bertz CT molecular complexity index is 2210. The number of anilines is 1. The average Bonchev–Trinajstić information content (AvgIpc) is 3.72. The first-order chi connectivity index (χ1) is 26.2. The number of amides is 6. The molecule has 55 heavy (non-hydrogen) atoms. The van der Waals surface area contributed by atoms with Gasteiger partial charge >= 0.3 is 0 Å². The monoisotopic (exact) mass is 750 g/mol. The highest BCUT2D eigenvalue weighted by Crippen LogP contribution is 2.38. The van der Waals surface area contributed by atoms with Crippen molar-refractivity contribution in [3.63, 3.8) is 0 Å². The molecule has 4 aromatic rings. The minimum absolute atomic E-state index is 0.0587. The number of aromatic hydroxyl groups is 2. The van der Waals surface area contributed by atoms with Crippen molar-refractivity contribution in [3.05, 3.63) is 82.7 Å². The molecule has 1 fully saturated rings. The Morgan fingerprint density at radius 1 is 0.927 bits per heavy atom. The summed E-state index contributed by atoms with van der Waals surface area (Å²) in [6.45, 7) is 9.44. The van der Waals surface area contributed by atoms with Gasteiger partial charge < -0.3 is 31.1 Å². The second-order valence-electron chi connectivity index (χ2n) is 14.1. The van der Waals surface area contributed by atoms with E-state index in [4.69, 9.17) is 0 Å². The molecular weight excluding hydrogens is 708 g/mol. The van der Waals surface area contributed by atoms with Crippen molar-refractivity contribution in [3.8, 4) is 28.6 Å². The molecule has 0 radical (unpaired) electrons. The molecule has 0 saturated carbocycles. The maximum absolute atomic E-state index is 13.7. The summed E-state index contributed by atoms with van der Waals surface area (Å²) in [5.41, 5.74) is 2.61. The van der Waals surface area contributed by atoms with Crippen molar-refractivity contribution in [2.24, 2.45) is 5.92 Å². The number of nitrogens with zero attached hydrogens (tertiary/aromatic N) is 4. The summed E-state index contributed by atoms with van der Waals surface area (Å²) >= 11 is 0. The van der Waals surface area contributed by atoms with E-state index in [2.05, 4.69) is 31.5 Å². The number of benzene rings is 3. The van der Waals surface area contributed by atoms with Crippen LogP contribution in [-0.4, -0.2) is 83.9 Å². The lowest BCUT2D eigenvalue weighted by Gasteiger charge is -2.29. The van der Waals surface area contributed by atoms with Crippen LogP contribution in [-0.2, 0) is 20.9 Å². The number of carbonyl (C=O) groups excluding carboxylic acids is 6. The number of piperidine rings is 1. The third kappa shape index (κ3) is 7.47. The highest BCUT2D eigenvalue weighted by atomic mass is 16.3. The van der Waals surface area contributed by atoms with E-state index in [1.54, 1.807) is 57.2 Å². The predicted molar refractivity (Wildman–Crippen MR) is 199 cm³/mol. The molecule has 286 valence electrons. The van der Waals surface area contributed by atoms with Crippen molar-refractivity contribution < 1.29 is 39.0 Å². The van der Waals surface area contributed by atoms with E-state index in [1.165, 1.54) is 27.7 Å². The summed E-state index contributed by atoms with van der Waals surface area (Å²) < 4.78 is 1.44. The lowest BCUT2D eigenvalue weighted by atomic mass is 9.98. The minimum Gasteiger partial charge on any atom is -0.508 e. The van der Waals surface area contributed by atoms with Crippen LogP contribution in [0.5, 0.6) is 11.5 Å². The molecule has 2 aliphatic heterocycles. The first-order valence-corrected chi connectivity index (χ1v) is 18.0. The summed E-state index contributed by atoms with van der Waals surface area (Å²) in [5, 5.41) is 40.2. The topological polar surface area (TPSA) is 225 Å². The second-order valence-corrected chi connectivity index (χ2v) is 14.1. The zero-order chi connectivity index (χ0) is 39.7. The van der Waals surface area contributed by atoms with Gasteiger partial charge in [0.1, 0.15) is 23.6 Å². The molecule has 0 spiro atoms. The van der Waals surface area contributed by atoms with E-state index in [9.17, 15) is 39.0 Å². The third-order valence-corrected chi connectivity index (χ3v) is 9.67.